The molecule has 0 aliphatic heterocycles. The Kier molecular flexibility index (Phi) is 5.42. The summed E-state index contributed by atoms with van der Waals surface area (Å²) < 4.78 is 22.9. The highest BCUT2D eigenvalue weighted by atomic mass is 19.1. The van der Waals surface area contributed by atoms with Crippen molar-refractivity contribution in [2.75, 3.05) is 20.8 Å². The number of methoxy groups -OCH3 is 1. The van der Waals surface area contributed by atoms with Crippen LogP contribution in [0.5, 0.6) is 5.75 Å². The van der Waals surface area contributed by atoms with Crippen LogP contribution < -0.4 is 10.1 Å². The Bertz CT molecular complexity index is 382. The molecular weight excluding hydrogens is 225 g/mol. The van der Waals surface area contributed by atoms with E-state index in [1.165, 1.54) is 19.2 Å². The molecule has 5 heteroatoms. The third-order valence-electron chi connectivity index (χ3n) is 2.18. The van der Waals surface area contributed by atoms with Gasteiger partial charge in [-0.15, -0.1) is 0 Å². The normalized spacial score (nSPS) is 10.1. The van der Waals surface area contributed by atoms with Crippen LogP contribution in [0, 0.1) is 5.82 Å². The first kappa shape index (κ1) is 13.4. The molecule has 0 amide bonds. The van der Waals surface area contributed by atoms with E-state index in [0.29, 0.717) is 12.3 Å². The first-order valence-corrected chi connectivity index (χ1v) is 5.30. The summed E-state index contributed by atoms with van der Waals surface area (Å²) in [5.41, 5.74) is 0.720. The molecular formula is C12H16FNO3. The van der Waals surface area contributed by atoms with Crippen LogP contribution in [0.3, 0.4) is 0 Å². The van der Waals surface area contributed by atoms with Crippen LogP contribution in [-0.2, 0) is 16.1 Å². The Labute approximate surface area is 99.7 Å². The minimum Gasteiger partial charge on any atom is -0.493 e. The SMILES string of the molecule is CNCc1cc(F)ccc1OCCC(=O)OC. The summed E-state index contributed by atoms with van der Waals surface area (Å²) >= 11 is 0. The van der Waals surface area contributed by atoms with Crippen LogP contribution >= 0.6 is 0 Å². The number of nitrogens with one attached hydrogen (secondary N) is 1. The maximum atomic E-state index is 13.0. The van der Waals surface area contributed by atoms with Crippen molar-refractivity contribution in [2.45, 2.75) is 13.0 Å². The van der Waals surface area contributed by atoms with Crippen LogP contribution in [0.15, 0.2) is 18.2 Å². The van der Waals surface area contributed by atoms with Gasteiger partial charge in [-0.05, 0) is 25.2 Å². The maximum Gasteiger partial charge on any atom is 0.308 e. The molecule has 0 spiro atoms. The van der Waals surface area contributed by atoms with Gasteiger partial charge >= 0.3 is 5.97 Å². The molecule has 0 fully saturated rings. The van der Waals surface area contributed by atoms with E-state index >= 15 is 0 Å². The second-order valence-electron chi connectivity index (χ2n) is 3.46. The second kappa shape index (κ2) is 6.85. The van der Waals surface area contributed by atoms with Crippen molar-refractivity contribution in [3.8, 4) is 5.75 Å². The Morgan fingerprint density at radius 3 is 2.88 bits per heavy atom. The number of hydrogen-bond donors (Lipinski definition) is 1. The number of hydrogen-bond acceptors (Lipinski definition) is 4. The zero-order chi connectivity index (χ0) is 12.7. The summed E-state index contributed by atoms with van der Waals surface area (Å²) in [7, 11) is 3.09. The third kappa shape index (κ3) is 4.40. The van der Waals surface area contributed by atoms with Crippen molar-refractivity contribution in [1.29, 1.82) is 0 Å². The van der Waals surface area contributed by atoms with Crippen LogP contribution in [0.25, 0.3) is 0 Å². The molecule has 0 unspecified atom stereocenters. The van der Waals surface area contributed by atoms with Crippen molar-refractivity contribution in [3.63, 3.8) is 0 Å². The summed E-state index contributed by atoms with van der Waals surface area (Å²) in [6.07, 6.45) is 0.173. The molecule has 0 radical (unpaired) electrons. The summed E-state index contributed by atoms with van der Waals surface area (Å²) in [5.74, 6) is -0.0671. The zero-order valence-corrected chi connectivity index (χ0v) is 9.96. The lowest BCUT2D eigenvalue weighted by atomic mass is 10.2. The second-order valence-corrected chi connectivity index (χ2v) is 3.46. The van der Waals surface area contributed by atoms with Crippen LogP contribution in [0.4, 0.5) is 4.39 Å². The van der Waals surface area contributed by atoms with Crippen LogP contribution in [0.1, 0.15) is 12.0 Å². The van der Waals surface area contributed by atoms with Gasteiger partial charge in [0.25, 0.3) is 0 Å². The smallest absolute Gasteiger partial charge is 0.308 e. The van der Waals surface area contributed by atoms with Crippen molar-refractivity contribution >= 4 is 5.97 Å². The number of carbonyl (C=O) groups excluding carboxylic acids is 1. The van der Waals surface area contributed by atoms with Crippen molar-refractivity contribution in [2.24, 2.45) is 0 Å². The standard InChI is InChI=1S/C12H16FNO3/c1-14-8-9-7-10(13)3-4-11(9)17-6-5-12(15)16-2/h3-4,7,14H,5-6,8H2,1-2H3. The zero-order valence-electron chi connectivity index (χ0n) is 9.96. The van der Waals surface area contributed by atoms with E-state index < -0.39 is 0 Å². The molecule has 4 nitrogen and oxygen atoms in total. The fourth-order valence-electron chi connectivity index (χ4n) is 1.36. The van der Waals surface area contributed by atoms with Gasteiger partial charge in [0, 0.05) is 12.1 Å². The highest BCUT2D eigenvalue weighted by Crippen LogP contribution is 2.19. The molecule has 0 atom stereocenters. The largest absolute Gasteiger partial charge is 0.493 e. The lowest BCUT2D eigenvalue weighted by molar-refractivity contribution is -0.141. The summed E-state index contributed by atoms with van der Waals surface area (Å²) in [6, 6.07) is 4.29. The van der Waals surface area contributed by atoms with Gasteiger partial charge in [0.1, 0.15) is 11.6 Å². The number of carbonyl (C=O) groups is 1. The first-order valence-electron chi connectivity index (χ1n) is 5.30. The van der Waals surface area contributed by atoms with Gasteiger partial charge in [-0.1, -0.05) is 0 Å². The van der Waals surface area contributed by atoms with Crippen molar-refractivity contribution in [3.05, 3.63) is 29.6 Å². The number of rotatable bonds is 6. The molecule has 0 aromatic heterocycles. The van der Waals surface area contributed by atoms with Gasteiger partial charge in [-0.25, -0.2) is 4.39 Å². The molecule has 1 aromatic carbocycles. The molecule has 0 saturated carbocycles. The van der Waals surface area contributed by atoms with Crippen LogP contribution in [0.2, 0.25) is 0 Å². The van der Waals surface area contributed by atoms with E-state index in [9.17, 15) is 9.18 Å². The Morgan fingerprint density at radius 2 is 2.24 bits per heavy atom. The molecule has 94 valence electrons. The van der Waals surface area contributed by atoms with E-state index in [4.69, 9.17) is 4.74 Å². The minimum absolute atomic E-state index is 0.173. The van der Waals surface area contributed by atoms with Crippen molar-refractivity contribution in [1.82, 2.24) is 5.32 Å². The fraction of sp³-hybridized carbons (Fsp3) is 0.417. The van der Waals surface area contributed by atoms with Crippen molar-refractivity contribution < 1.29 is 18.7 Å². The monoisotopic (exact) mass is 241 g/mol. The molecule has 0 aliphatic rings. The van der Waals surface area contributed by atoms with Gasteiger partial charge in [0.05, 0.1) is 20.1 Å². The summed E-state index contributed by atoms with van der Waals surface area (Å²) in [5, 5.41) is 2.92. The molecule has 1 aromatic rings. The Balaban J connectivity index is 2.60. The number of ether oxygens (including phenoxy) is 2. The number of halogens is 1. The third-order valence-corrected chi connectivity index (χ3v) is 2.18. The van der Waals surface area contributed by atoms with Crippen LogP contribution in [-0.4, -0.2) is 26.7 Å². The Morgan fingerprint density at radius 1 is 1.47 bits per heavy atom. The minimum atomic E-state index is -0.331. The van der Waals surface area contributed by atoms with E-state index in [-0.39, 0.29) is 24.8 Å². The summed E-state index contributed by atoms with van der Waals surface area (Å²) in [6.45, 7) is 0.723. The molecule has 1 N–H and O–H groups in total. The lowest BCUT2D eigenvalue weighted by Crippen LogP contribution is -2.11. The summed E-state index contributed by atoms with van der Waals surface area (Å²) in [4.78, 5) is 10.9. The molecule has 1 rings (SSSR count). The van der Waals surface area contributed by atoms with Gasteiger partial charge in [-0.2, -0.15) is 0 Å². The number of esters is 1. The lowest BCUT2D eigenvalue weighted by Gasteiger charge is -2.10. The molecule has 0 aliphatic carbocycles. The predicted molar refractivity (Wildman–Crippen MR) is 61.3 cm³/mol. The van der Waals surface area contributed by atoms with Gasteiger partial charge in [0.15, 0.2) is 0 Å². The maximum absolute atomic E-state index is 13.0. The first-order chi connectivity index (χ1) is 8.17. The fourth-order valence-corrected chi connectivity index (χ4v) is 1.36. The number of benzene rings is 1. The van der Waals surface area contributed by atoms with E-state index in [1.807, 2.05) is 0 Å². The highest BCUT2D eigenvalue weighted by Gasteiger charge is 2.06. The topological polar surface area (TPSA) is 47.6 Å². The highest BCUT2D eigenvalue weighted by molar-refractivity contribution is 5.69. The van der Waals surface area contributed by atoms with Gasteiger partial charge < -0.3 is 14.8 Å². The van der Waals surface area contributed by atoms with Gasteiger partial charge in [0.2, 0.25) is 0 Å². The average molecular weight is 241 g/mol. The average Bonchev–Trinajstić information content (AvgIpc) is 2.32. The van der Waals surface area contributed by atoms with E-state index in [2.05, 4.69) is 10.1 Å². The molecule has 0 bridgehead atoms. The van der Waals surface area contributed by atoms with Gasteiger partial charge in [-0.3, -0.25) is 4.79 Å². The molecule has 0 saturated heterocycles. The molecule has 17 heavy (non-hydrogen) atoms. The predicted octanol–water partition coefficient (Wildman–Crippen LogP) is 1.49. The van der Waals surface area contributed by atoms with E-state index in [0.717, 1.165) is 5.56 Å². The quantitative estimate of drug-likeness (QED) is 0.766. The van der Waals surface area contributed by atoms with E-state index in [1.54, 1.807) is 13.1 Å². The molecule has 0 heterocycles. The Hall–Kier alpha value is -1.62.